The Morgan fingerprint density at radius 1 is 1.17 bits per heavy atom. The van der Waals surface area contributed by atoms with E-state index in [0.717, 1.165) is 24.3 Å². The minimum absolute atomic E-state index is 0.0631. The predicted octanol–water partition coefficient (Wildman–Crippen LogP) is 3.02. The summed E-state index contributed by atoms with van der Waals surface area (Å²) in [5, 5.41) is 23.5. The lowest BCUT2D eigenvalue weighted by Gasteiger charge is -2.25. The van der Waals surface area contributed by atoms with Crippen molar-refractivity contribution in [2.45, 2.75) is 33.7 Å². The average Bonchev–Trinajstić information content (AvgIpc) is 3.17. The standard InChI is InChI=1S/C19H21N3O4.C2H6.CH4O/c1-11-7-8-12(26-11)10-20-15-9-16(23)17(15)21-14-6-4-5-13(18(14)24)19(25)22(2)3;2*1-2/h4-8,20-21,24H,9-10H2,1-3H3;1-2H3;2H,1H3. The molecule has 8 heteroatoms. The van der Waals surface area contributed by atoms with Crippen LogP contribution in [0.4, 0.5) is 5.69 Å². The number of aliphatic hydroxyl groups is 1. The molecule has 1 amide bonds. The van der Waals surface area contributed by atoms with Gasteiger partial charge in [0.15, 0.2) is 11.5 Å². The Labute approximate surface area is 177 Å². The molecule has 0 radical (unpaired) electrons. The molecule has 2 aromatic rings. The van der Waals surface area contributed by atoms with Crippen molar-refractivity contribution in [1.29, 1.82) is 0 Å². The third-order valence-electron chi connectivity index (χ3n) is 4.12. The molecule has 30 heavy (non-hydrogen) atoms. The number of rotatable bonds is 6. The third kappa shape index (κ3) is 5.87. The van der Waals surface area contributed by atoms with Gasteiger partial charge in [0.25, 0.3) is 5.91 Å². The molecule has 3 rings (SSSR count). The molecule has 0 fully saturated rings. The zero-order valence-electron chi connectivity index (χ0n) is 18.4. The summed E-state index contributed by atoms with van der Waals surface area (Å²) in [7, 11) is 4.22. The maximum Gasteiger partial charge on any atom is 0.257 e. The number of carbonyl (C=O) groups excluding carboxylic acids is 2. The van der Waals surface area contributed by atoms with Crippen LogP contribution in [0.1, 0.15) is 42.1 Å². The summed E-state index contributed by atoms with van der Waals surface area (Å²) in [6, 6.07) is 8.56. The number of carbonyl (C=O) groups is 2. The lowest BCUT2D eigenvalue weighted by atomic mass is 9.98. The van der Waals surface area contributed by atoms with E-state index in [9.17, 15) is 14.7 Å². The molecule has 8 nitrogen and oxygen atoms in total. The number of nitrogens with one attached hydrogen (secondary N) is 2. The van der Waals surface area contributed by atoms with Crippen LogP contribution in [0, 0.1) is 6.92 Å². The molecular formula is C22H31N3O5. The highest BCUT2D eigenvalue weighted by Gasteiger charge is 2.28. The van der Waals surface area contributed by atoms with E-state index in [1.54, 1.807) is 26.2 Å². The molecule has 0 aliphatic heterocycles. The normalized spacial score (nSPS) is 12.0. The Bertz CT molecular complexity index is 900. The van der Waals surface area contributed by atoms with Crippen LogP contribution in [0.2, 0.25) is 0 Å². The molecule has 0 atom stereocenters. The van der Waals surface area contributed by atoms with Crippen molar-refractivity contribution in [2.24, 2.45) is 0 Å². The van der Waals surface area contributed by atoms with Crippen LogP contribution in [0.15, 0.2) is 46.1 Å². The predicted molar refractivity (Wildman–Crippen MR) is 116 cm³/mol. The van der Waals surface area contributed by atoms with Crippen molar-refractivity contribution in [1.82, 2.24) is 10.2 Å². The maximum atomic E-state index is 12.1. The number of para-hydroxylation sites is 1. The van der Waals surface area contributed by atoms with Crippen molar-refractivity contribution in [3.05, 3.63) is 58.8 Å². The molecule has 164 valence electrons. The highest BCUT2D eigenvalue weighted by Crippen LogP contribution is 2.32. The molecule has 1 aromatic heterocycles. The molecule has 4 N–H and O–H groups in total. The van der Waals surface area contributed by atoms with Crippen molar-refractivity contribution < 1.29 is 24.2 Å². The second-order valence-corrected chi connectivity index (χ2v) is 6.35. The summed E-state index contributed by atoms with van der Waals surface area (Å²) in [4.78, 5) is 25.5. The van der Waals surface area contributed by atoms with Gasteiger partial charge < -0.3 is 30.2 Å². The number of phenolic OH excluding ortho intramolecular Hbond substituents is 1. The van der Waals surface area contributed by atoms with Gasteiger partial charge in [0.05, 0.1) is 24.2 Å². The first kappa shape index (κ1) is 24.8. The molecule has 1 aromatic carbocycles. The van der Waals surface area contributed by atoms with Crippen LogP contribution in [0.5, 0.6) is 5.75 Å². The van der Waals surface area contributed by atoms with Gasteiger partial charge in [-0.15, -0.1) is 0 Å². The molecule has 0 unspecified atom stereocenters. The van der Waals surface area contributed by atoms with Crippen molar-refractivity contribution in [3.8, 4) is 5.75 Å². The Balaban J connectivity index is 0.00000106. The van der Waals surface area contributed by atoms with Gasteiger partial charge in [-0.25, -0.2) is 0 Å². The number of amides is 1. The van der Waals surface area contributed by atoms with E-state index in [-0.39, 0.29) is 23.0 Å². The van der Waals surface area contributed by atoms with Crippen LogP contribution in [-0.2, 0) is 11.3 Å². The summed E-state index contributed by atoms with van der Waals surface area (Å²) >= 11 is 0. The second kappa shape index (κ2) is 11.7. The Hall–Kier alpha value is -3.26. The van der Waals surface area contributed by atoms with E-state index in [4.69, 9.17) is 9.52 Å². The van der Waals surface area contributed by atoms with E-state index in [0.29, 0.717) is 24.4 Å². The summed E-state index contributed by atoms with van der Waals surface area (Å²) in [6.45, 7) is 6.33. The number of furan rings is 1. The smallest absolute Gasteiger partial charge is 0.257 e. The van der Waals surface area contributed by atoms with E-state index in [2.05, 4.69) is 10.6 Å². The average molecular weight is 418 g/mol. The van der Waals surface area contributed by atoms with E-state index in [1.165, 1.54) is 11.0 Å². The summed E-state index contributed by atoms with van der Waals surface area (Å²) in [6.07, 6.45) is 0.291. The second-order valence-electron chi connectivity index (χ2n) is 6.35. The van der Waals surface area contributed by atoms with E-state index < -0.39 is 0 Å². The fraction of sp³-hybridized carbons (Fsp3) is 0.364. The number of allylic oxidation sites excluding steroid dienone is 2. The van der Waals surface area contributed by atoms with Crippen LogP contribution in [-0.4, -0.2) is 48.0 Å². The topological polar surface area (TPSA) is 115 Å². The van der Waals surface area contributed by atoms with Crippen molar-refractivity contribution in [2.75, 3.05) is 26.5 Å². The van der Waals surface area contributed by atoms with Crippen LogP contribution >= 0.6 is 0 Å². The van der Waals surface area contributed by atoms with Crippen LogP contribution in [0.25, 0.3) is 0 Å². The van der Waals surface area contributed by atoms with Crippen LogP contribution < -0.4 is 10.6 Å². The zero-order chi connectivity index (χ0) is 22.8. The molecule has 0 spiro atoms. The van der Waals surface area contributed by atoms with Gasteiger partial charge in [0.1, 0.15) is 17.2 Å². The minimum atomic E-state index is -0.313. The van der Waals surface area contributed by atoms with Gasteiger partial charge in [-0.1, -0.05) is 19.9 Å². The first-order chi connectivity index (χ1) is 14.4. The number of phenols is 1. The first-order valence-electron chi connectivity index (χ1n) is 9.67. The number of hydrogen-bond donors (Lipinski definition) is 4. The molecule has 0 bridgehead atoms. The fourth-order valence-corrected chi connectivity index (χ4v) is 2.66. The van der Waals surface area contributed by atoms with Gasteiger partial charge in [0, 0.05) is 26.9 Å². The number of aliphatic hydroxyl groups excluding tert-OH is 1. The number of aromatic hydroxyl groups is 1. The summed E-state index contributed by atoms with van der Waals surface area (Å²) in [5.74, 6) is 1.04. The Morgan fingerprint density at radius 2 is 1.83 bits per heavy atom. The van der Waals surface area contributed by atoms with Gasteiger partial charge >= 0.3 is 0 Å². The van der Waals surface area contributed by atoms with E-state index in [1.807, 2.05) is 32.9 Å². The van der Waals surface area contributed by atoms with Gasteiger partial charge in [-0.3, -0.25) is 9.59 Å². The lowest BCUT2D eigenvalue weighted by molar-refractivity contribution is -0.116. The van der Waals surface area contributed by atoms with Crippen molar-refractivity contribution >= 4 is 17.4 Å². The van der Waals surface area contributed by atoms with Gasteiger partial charge in [-0.2, -0.15) is 0 Å². The Kier molecular flexibility index (Phi) is 9.64. The molecule has 0 saturated carbocycles. The fourth-order valence-electron chi connectivity index (χ4n) is 2.66. The highest BCUT2D eigenvalue weighted by atomic mass is 16.3. The SMILES string of the molecule is CC.CO.Cc1ccc(CNC2=C(Nc3cccc(C(=O)N(C)C)c3O)C(=O)C2)o1. The number of Topliss-reactive ketones (excluding diaryl/α,β-unsaturated/α-hetero) is 1. The largest absolute Gasteiger partial charge is 0.505 e. The van der Waals surface area contributed by atoms with E-state index >= 15 is 0 Å². The minimum Gasteiger partial charge on any atom is -0.505 e. The third-order valence-corrected chi connectivity index (χ3v) is 4.12. The zero-order valence-corrected chi connectivity index (χ0v) is 18.4. The quantitative estimate of drug-likeness (QED) is 0.534. The summed E-state index contributed by atoms with van der Waals surface area (Å²) in [5.41, 5.74) is 1.62. The number of anilines is 1. The van der Waals surface area contributed by atoms with Gasteiger partial charge in [0.2, 0.25) is 0 Å². The Morgan fingerprint density at radius 3 is 2.37 bits per heavy atom. The number of hydrogen-bond acceptors (Lipinski definition) is 7. The molecular weight excluding hydrogens is 386 g/mol. The number of nitrogens with zero attached hydrogens (tertiary/aromatic N) is 1. The van der Waals surface area contributed by atoms with Gasteiger partial charge in [-0.05, 0) is 31.2 Å². The number of benzene rings is 1. The molecule has 1 heterocycles. The first-order valence-corrected chi connectivity index (χ1v) is 9.67. The monoisotopic (exact) mass is 417 g/mol. The number of ketones is 1. The molecule has 1 aliphatic carbocycles. The summed E-state index contributed by atoms with van der Waals surface area (Å²) < 4.78 is 5.49. The highest BCUT2D eigenvalue weighted by molar-refractivity contribution is 6.07. The lowest BCUT2D eigenvalue weighted by Crippen LogP contribution is -2.32. The maximum absolute atomic E-state index is 12.1. The number of aryl methyl sites for hydroxylation is 1. The molecule has 1 aliphatic rings. The van der Waals surface area contributed by atoms with Crippen LogP contribution in [0.3, 0.4) is 0 Å². The molecule has 0 saturated heterocycles. The van der Waals surface area contributed by atoms with Crippen molar-refractivity contribution in [3.63, 3.8) is 0 Å².